The lowest BCUT2D eigenvalue weighted by molar-refractivity contribution is 0.0835. The Morgan fingerprint density at radius 1 is 1.20 bits per heavy atom. The van der Waals surface area contributed by atoms with Crippen LogP contribution in [0.3, 0.4) is 0 Å². The largest absolute Gasteiger partial charge is 0.381 e. The van der Waals surface area contributed by atoms with Crippen molar-refractivity contribution in [3.63, 3.8) is 0 Å². The van der Waals surface area contributed by atoms with E-state index in [0.29, 0.717) is 5.92 Å². The minimum atomic E-state index is 0.539. The maximum Gasteiger partial charge on any atom is 0.154 e. The smallest absolute Gasteiger partial charge is 0.154 e. The number of aromatic nitrogens is 3. The van der Waals surface area contributed by atoms with Gasteiger partial charge in [0.05, 0.1) is 0 Å². The third-order valence-electron chi connectivity index (χ3n) is 3.37. The zero-order chi connectivity index (χ0) is 10.1. The molecular weight excluding hydrogens is 190 g/mol. The first kappa shape index (κ1) is 9.33. The lowest BCUT2D eigenvalue weighted by Crippen LogP contribution is -2.15. The molecule has 15 heavy (non-hydrogen) atoms. The molecular formula is C11H17N3O. The van der Waals surface area contributed by atoms with Gasteiger partial charge in [0.25, 0.3) is 0 Å². The number of fused-ring (bicyclic) bond motifs is 1. The summed E-state index contributed by atoms with van der Waals surface area (Å²) in [4.78, 5) is 4.67. The lowest BCUT2D eigenvalue weighted by Gasteiger charge is -2.18. The Labute approximate surface area is 89.6 Å². The molecule has 1 fully saturated rings. The van der Waals surface area contributed by atoms with Crippen LogP contribution in [-0.2, 0) is 17.7 Å². The Hall–Kier alpha value is -0.900. The first-order chi connectivity index (χ1) is 7.43. The van der Waals surface area contributed by atoms with Crippen molar-refractivity contribution in [2.75, 3.05) is 13.2 Å². The van der Waals surface area contributed by atoms with Crippen molar-refractivity contribution in [1.82, 2.24) is 14.8 Å². The fraction of sp³-hybridized carbons (Fsp3) is 0.818. The molecule has 1 aromatic rings. The van der Waals surface area contributed by atoms with Gasteiger partial charge in [-0.15, -0.1) is 0 Å². The molecule has 0 amide bonds. The Morgan fingerprint density at radius 3 is 2.87 bits per heavy atom. The van der Waals surface area contributed by atoms with Crippen LogP contribution < -0.4 is 0 Å². The molecule has 0 unspecified atom stereocenters. The number of rotatable bonds is 1. The van der Waals surface area contributed by atoms with Crippen molar-refractivity contribution in [1.29, 1.82) is 0 Å². The molecule has 4 nitrogen and oxygen atoms in total. The maximum absolute atomic E-state index is 5.36. The summed E-state index contributed by atoms with van der Waals surface area (Å²) in [5, 5.41) is 4.62. The third-order valence-corrected chi connectivity index (χ3v) is 3.37. The summed E-state index contributed by atoms with van der Waals surface area (Å²) in [5.41, 5.74) is 0. The Kier molecular flexibility index (Phi) is 2.44. The van der Waals surface area contributed by atoms with Crippen molar-refractivity contribution in [2.45, 2.75) is 44.6 Å². The topological polar surface area (TPSA) is 39.9 Å². The SMILES string of the molecule is C1CCn2nc(C3CCOCC3)nc2C1. The molecule has 0 atom stereocenters. The second-order valence-electron chi connectivity index (χ2n) is 4.45. The van der Waals surface area contributed by atoms with Crippen LogP contribution in [0.5, 0.6) is 0 Å². The van der Waals surface area contributed by atoms with Crippen molar-refractivity contribution < 1.29 is 4.74 Å². The number of hydrogen-bond donors (Lipinski definition) is 0. The molecule has 0 radical (unpaired) electrons. The number of hydrogen-bond acceptors (Lipinski definition) is 3. The zero-order valence-corrected chi connectivity index (χ0v) is 8.98. The predicted octanol–water partition coefficient (Wildman–Crippen LogP) is 1.51. The molecule has 0 spiro atoms. The summed E-state index contributed by atoms with van der Waals surface area (Å²) < 4.78 is 7.47. The van der Waals surface area contributed by atoms with E-state index in [1.807, 2.05) is 0 Å². The van der Waals surface area contributed by atoms with Crippen LogP contribution in [-0.4, -0.2) is 28.0 Å². The molecule has 82 valence electrons. The molecule has 0 aromatic carbocycles. The summed E-state index contributed by atoms with van der Waals surface area (Å²) in [6, 6.07) is 0. The van der Waals surface area contributed by atoms with Crippen LogP contribution in [0, 0.1) is 0 Å². The van der Waals surface area contributed by atoms with Crippen molar-refractivity contribution in [3.05, 3.63) is 11.6 Å². The van der Waals surface area contributed by atoms with E-state index < -0.39 is 0 Å². The second kappa shape index (κ2) is 3.93. The predicted molar refractivity (Wildman–Crippen MR) is 55.8 cm³/mol. The van der Waals surface area contributed by atoms with E-state index in [2.05, 4.69) is 14.8 Å². The van der Waals surface area contributed by atoms with Gasteiger partial charge < -0.3 is 4.74 Å². The van der Waals surface area contributed by atoms with Gasteiger partial charge in [0.15, 0.2) is 5.82 Å². The molecule has 3 rings (SSSR count). The van der Waals surface area contributed by atoms with Gasteiger partial charge in [-0.1, -0.05) is 0 Å². The first-order valence-corrected chi connectivity index (χ1v) is 5.95. The molecule has 3 heterocycles. The summed E-state index contributed by atoms with van der Waals surface area (Å²) in [6.45, 7) is 2.80. The van der Waals surface area contributed by atoms with Crippen LogP contribution in [0.15, 0.2) is 0 Å². The summed E-state index contributed by atoms with van der Waals surface area (Å²) in [6.07, 6.45) is 5.80. The number of ether oxygens (including phenoxy) is 1. The van der Waals surface area contributed by atoms with Crippen LogP contribution in [0.1, 0.15) is 43.3 Å². The third kappa shape index (κ3) is 1.78. The van der Waals surface area contributed by atoms with E-state index in [0.717, 1.165) is 44.8 Å². The quantitative estimate of drug-likeness (QED) is 0.700. The van der Waals surface area contributed by atoms with Crippen molar-refractivity contribution >= 4 is 0 Å². The summed E-state index contributed by atoms with van der Waals surface area (Å²) >= 11 is 0. The van der Waals surface area contributed by atoms with Crippen LogP contribution in [0.2, 0.25) is 0 Å². The zero-order valence-electron chi connectivity index (χ0n) is 8.98. The van der Waals surface area contributed by atoms with E-state index in [1.54, 1.807) is 0 Å². The molecule has 0 saturated carbocycles. The van der Waals surface area contributed by atoms with E-state index in [9.17, 15) is 0 Å². The second-order valence-corrected chi connectivity index (χ2v) is 4.45. The number of nitrogens with zero attached hydrogens (tertiary/aromatic N) is 3. The Bertz CT molecular complexity index is 318. The normalized spacial score (nSPS) is 22.7. The molecule has 0 aliphatic carbocycles. The average Bonchev–Trinajstić information content (AvgIpc) is 2.74. The fourth-order valence-corrected chi connectivity index (χ4v) is 2.43. The van der Waals surface area contributed by atoms with E-state index in [-0.39, 0.29) is 0 Å². The van der Waals surface area contributed by atoms with E-state index in [1.165, 1.54) is 18.7 Å². The van der Waals surface area contributed by atoms with E-state index >= 15 is 0 Å². The highest BCUT2D eigenvalue weighted by molar-refractivity contribution is 5.02. The highest BCUT2D eigenvalue weighted by atomic mass is 16.5. The van der Waals surface area contributed by atoms with Crippen molar-refractivity contribution in [3.8, 4) is 0 Å². The van der Waals surface area contributed by atoms with E-state index in [4.69, 9.17) is 4.74 Å². The van der Waals surface area contributed by atoms with Gasteiger partial charge in [0, 0.05) is 32.1 Å². The summed E-state index contributed by atoms with van der Waals surface area (Å²) in [7, 11) is 0. The van der Waals surface area contributed by atoms with Crippen LogP contribution in [0.25, 0.3) is 0 Å². The molecule has 4 heteroatoms. The molecule has 0 N–H and O–H groups in total. The minimum absolute atomic E-state index is 0.539. The standard InChI is InChI=1S/C11H17N3O/c1-2-6-14-10(3-1)12-11(13-14)9-4-7-15-8-5-9/h9H,1-8H2. The average molecular weight is 207 g/mol. The Balaban J connectivity index is 1.82. The first-order valence-electron chi connectivity index (χ1n) is 5.95. The minimum Gasteiger partial charge on any atom is -0.381 e. The maximum atomic E-state index is 5.36. The highest BCUT2D eigenvalue weighted by Gasteiger charge is 2.22. The van der Waals surface area contributed by atoms with Gasteiger partial charge >= 0.3 is 0 Å². The van der Waals surface area contributed by atoms with Gasteiger partial charge in [-0.2, -0.15) is 5.10 Å². The monoisotopic (exact) mass is 207 g/mol. The molecule has 2 aliphatic rings. The lowest BCUT2D eigenvalue weighted by atomic mass is 10.00. The van der Waals surface area contributed by atoms with Gasteiger partial charge in [-0.05, 0) is 25.7 Å². The van der Waals surface area contributed by atoms with Crippen LogP contribution in [0.4, 0.5) is 0 Å². The molecule has 1 aromatic heterocycles. The number of aryl methyl sites for hydroxylation is 2. The Morgan fingerprint density at radius 2 is 2.07 bits per heavy atom. The fourth-order valence-electron chi connectivity index (χ4n) is 2.43. The van der Waals surface area contributed by atoms with Gasteiger partial charge in [0.2, 0.25) is 0 Å². The van der Waals surface area contributed by atoms with Gasteiger partial charge in [-0.25, -0.2) is 9.67 Å². The molecule has 1 saturated heterocycles. The highest BCUT2D eigenvalue weighted by Crippen LogP contribution is 2.25. The van der Waals surface area contributed by atoms with Crippen molar-refractivity contribution in [2.24, 2.45) is 0 Å². The molecule has 2 aliphatic heterocycles. The van der Waals surface area contributed by atoms with Gasteiger partial charge in [0.1, 0.15) is 5.82 Å². The van der Waals surface area contributed by atoms with Gasteiger partial charge in [-0.3, -0.25) is 0 Å². The summed E-state index contributed by atoms with van der Waals surface area (Å²) in [5.74, 6) is 2.80. The van der Waals surface area contributed by atoms with Crippen LogP contribution >= 0.6 is 0 Å². The molecule has 0 bridgehead atoms.